The van der Waals surface area contributed by atoms with E-state index in [9.17, 15) is 14.4 Å². The Hall–Kier alpha value is -3.80. The van der Waals surface area contributed by atoms with Crippen LogP contribution in [-0.4, -0.2) is 96.7 Å². The van der Waals surface area contributed by atoms with Crippen LogP contribution in [-0.2, 0) is 16.0 Å². The van der Waals surface area contributed by atoms with Crippen molar-refractivity contribution in [3.05, 3.63) is 59.7 Å². The summed E-state index contributed by atoms with van der Waals surface area (Å²) in [6.45, 7) is 9.11. The standard InChI is InChI=1S/C33H41N5O5S/c1-5-24-21-26(28(40)11-12-32(41)37-17-13-25(14-18-37)36-16-8-15-35(3)19-20-36)30(42-4)22-29(24)43-38(23(2)39)33-34-27-9-6-7-10-31(27)44-33/h6-7,9-12,21-22,25H,5,8,13-20H2,1-4H3. The molecule has 0 N–H and O–H groups in total. The lowest BCUT2D eigenvalue weighted by molar-refractivity contribution is -0.127. The Kier molecular flexibility index (Phi) is 10.3. The molecular weight excluding hydrogens is 578 g/mol. The molecule has 1 aromatic heterocycles. The molecule has 5 rings (SSSR count). The predicted octanol–water partition coefficient (Wildman–Crippen LogP) is 4.58. The molecule has 2 aliphatic heterocycles. The van der Waals surface area contributed by atoms with Crippen LogP contribution in [0, 0.1) is 0 Å². The third-order valence-electron chi connectivity index (χ3n) is 8.38. The fraction of sp³-hybridized carbons (Fsp3) is 0.455. The molecule has 0 radical (unpaired) electrons. The minimum atomic E-state index is -0.338. The van der Waals surface area contributed by atoms with Gasteiger partial charge in [0.15, 0.2) is 11.5 Å². The summed E-state index contributed by atoms with van der Waals surface area (Å²) in [4.78, 5) is 56.3. The Balaban J connectivity index is 1.26. The number of para-hydroxylation sites is 1. The van der Waals surface area contributed by atoms with Crippen LogP contribution in [0.25, 0.3) is 10.2 Å². The third-order valence-corrected chi connectivity index (χ3v) is 9.39. The number of likely N-dealkylation sites (tertiary alicyclic amines) is 1. The molecule has 0 aliphatic carbocycles. The third kappa shape index (κ3) is 7.28. The van der Waals surface area contributed by atoms with Crippen LogP contribution >= 0.6 is 11.3 Å². The molecule has 3 heterocycles. The minimum Gasteiger partial charge on any atom is -0.496 e. The number of ether oxygens (including phenoxy) is 1. The van der Waals surface area contributed by atoms with E-state index in [1.807, 2.05) is 36.1 Å². The van der Waals surface area contributed by atoms with Gasteiger partial charge in [0.05, 0.1) is 22.9 Å². The minimum absolute atomic E-state index is 0.157. The number of thiazole rings is 1. The van der Waals surface area contributed by atoms with Crippen LogP contribution in [0.4, 0.5) is 5.13 Å². The summed E-state index contributed by atoms with van der Waals surface area (Å²) in [6, 6.07) is 11.4. The van der Waals surface area contributed by atoms with Crippen LogP contribution in [0.5, 0.6) is 11.5 Å². The number of benzene rings is 2. The first-order valence-electron chi connectivity index (χ1n) is 15.3. The van der Waals surface area contributed by atoms with E-state index in [1.165, 1.54) is 43.9 Å². The van der Waals surface area contributed by atoms with Crippen molar-refractivity contribution in [2.75, 3.05) is 58.5 Å². The number of amides is 2. The van der Waals surface area contributed by atoms with Crippen molar-refractivity contribution >= 4 is 44.3 Å². The number of hydrogen-bond donors (Lipinski definition) is 0. The van der Waals surface area contributed by atoms with E-state index in [4.69, 9.17) is 9.57 Å². The van der Waals surface area contributed by atoms with Gasteiger partial charge in [-0.3, -0.25) is 19.3 Å². The Morgan fingerprint density at radius 3 is 2.50 bits per heavy atom. The SMILES string of the molecule is CCc1cc(C(=O)C=CC(=O)N2CCC(N3CCCN(C)CC3)CC2)c(OC)cc1ON(C(C)=O)c1nc2ccccc2s1. The van der Waals surface area contributed by atoms with Gasteiger partial charge in [0.1, 0.15) is 5.75 Å². The molecule has 2 fully saturated rings. The van der Waals surface area contributed by atoms with Gasteiger partial charge in [-0.05, 0) is 75.7 Å². The average molecular weight is 620 g/mol. The lowest BCUT2D eigenvalue weighted by atomic mass is 10.0. The number of aryl methyl sites for hydroxylation is 1. The number of rotatable bonds is 9. The summed E-state index contributed by atoms with van der Waals surface area (Å²) >= 11 is 1.35. The molecule has 10 nitrogen and oxygen atoms in total. The maximum atomic E-state index is 13.3. The number of methoxy groups -OCH3 is 1. The Morgan fingerprint density at radius 2 is 1.80 bits per heavy atom. The largest absolute Gasteiger partial charge is 0.496 e. The van der Waals surface area contributed by atoms with Gasteiger partial charge in [-0.15, -0.1) is 5.06 Å². The molecule has 0 atom stereocenters. The number of aromatic nitrogens is 1. The number of nitrogens with zero attached hydrogens (tertiary/aromatic N) is 5. The van der Waals surface area contributed by atoms with Gasteiger partial charge in [-0.2, -0.15) is 0 Å². The number of piperidine rings is 1. The number of anilines is 1. The summed E-state index contributed by atoms with van der Waals surface area (Å²) in [5, 5.41) is 1.57. The van der Waals surface area contributed by atoms with Gasteiger partial charge in [0.2, 0.25) is 11.0 Å². The second kappa shape index (κ2) is 14.3. The van der Waals surface area contributed by atoms with Gasteiger partial charge >= 0.3 is 0 Å². The number of allylic oxidation sites excluding steroid dienone is 1. The number of hydrogen-bond acceptors (Lipinski definition) is 9. The summed E-state index contributed by atoms with van der Waals surface area (Å²) in [5.74, 6) is -0.162. The molecule has 2 aromatic carbocycles. The van der Waals surface area contributed by atoms with E-state index in [2.05, 4.69) is 21.8 Å². The molecule has 2 amide bonds. The zero-order valence-corrected chi connectivity index (χ0v) is 26.8. The van der Waals surface area contributed by atoms with Crippen molar-refractivity contribution in [2.45, 2.75) is 45.6 Å². The zero-order chi connectivity index (χ0) is 31.2. The second-order valence-corrected chi connectivity index (χ2v) is 12.3. The van der Waals surface area contributed by atoms with Crippen molar-refractivity contribution in [1.82, 2.24) is 19.7 Å². The summed E-state index contributed by atoms with van der Waals surface area (Å²) in [6.07, 6.45) is 6.29. The first kappa shape index (κ1) is 31.6. The molecule has 0 saturated carbocycles. The van der Waals surface area contributed by atoms with Crippen LogP contribution in [0.2, 0.25) is 0 Å². The fourth-order valence-electron chi connectivity index (χ4n) is 5.84. The number of fused-ring (bicyclic) bond motifs is 1. The Morgan fingerprint density at radius 1 is 1.02 bits per heavy atom. The molecule has 44 heavy (non-hydrogen) atoms. The molecule has 0 spiro atoms. The van der Waals surface area contributed by atoms with Crippen LogP contribution in [0.1, 0.15) is 49.0 Å². The summed E-state index contributed by atoms with van der Waals surface area (Å²) in [5.41, 5.74) is 1.80. The quantitative estimate of drug-likeness (QED) is 0.195. The second-order valence-electron chi connectivity index (χ2n) is 11.3. The lowest BCUT2D eigenvalue weighted by Crippen LogP contribution is -2.47. The maximum Gasteiger partial charge on any atom is 0.259 e. The number of ketones is 1. The van der Waals surface area contributed by atoms with Crippen LogP contribution in [0.15, 0.2) is 48.6 Å². The molecule has 3 aromatic rings. The first-order valence-corrected chi connectivity index (χ1v) is 16.1. The van der Waals surface area contributed by atoms with Crippen molar-refractivity contribution < 1.29 is 24.0 Å². The van der Waals surface area contributed by atoms with Gasteiger partial charge in [-0.1, -0.05) is 30.4 Å². The fourth-order valence-corrected chi connectivity index (χ4v) is 6.79. The molecule has 234 valence electrons. The highest BCUT2D eigenvalue weighted by atomic mass is 32.1. The van der Waals surface area contributed by atoms with E-state index in [0.717, 1.165) is 54.3 Å². The molecule has 11 heteroatoms. The smallest absolute Gasteiger partial charge is 0.259 e. The van der Waals surface area contributed by atoms with Crippen molar-refractivity contribution in [1.29, 1.82) is 0 Å². The van der Waals surface area contributed by atoms with E-state index in [1.54, 1.807) is 12.1 Å². The van der Waals surface area contributed by atoms with Gasteiger partial charge in [-0.25, -0.2) is 4.98 Å². The molecule has 2 saturated heterocycles. The van der Waals surface area contributed by atoms with Crippen molar-refractivity contribution in [3.63, 3.8) is 0 Å². The normalized spacial score (nSPS) is 17.1. The number of hydroxylamine groups is 1. The van der Waals surface area contributed by atoms with Gasteiger partial charge in [0, 0.05) is 51.3 Å². The van der Waals surface area contributed by atoms with Crippen molar-refractivity contribution in [3.8, 4) is 11.5 Å². The average Bonchev–Trinajstić information content (AvgIpc) is 3.35. The van der Waals surface area contributed by atoms with E-state index in [0.29, 0.717) is 47.6 Å². The Labute approximate surface area is 262 Å². The molecule has 0 unspecified atom stereocenters. The summed E-state index contributed by atoms with van der Waals surface area (Å²) in [7, 11) is 3.64. The highest BCUT2D eigenvalue weighted by Gasteiger charge is 2.28. The molecular formula is C33H41N5O5S. The molecule has 2 aliphatic rings. The van der Waals surface area contributed by atoms with Crippen LogP contribution < -0.4 is 14.6 Å². The lowest BCUT2D eigenvalue weighted by Gasteiger charge is -2.37. The number of carbonyl (C=O) groups is 3. The maximum absolute atomic E-state index is 13.3. The highest BCUT2D eigenvalue weighted by molar-refractivity contribution is 7.22. The first-order chi connectivity index (χ1) is 21.3. The molecule has 0 bridgehead atoms. The zero-order valence-electron chi connectivity index (χ0n) is 26.0. The number of carbonyl (C=O) groups excluding carboxylic acids is 3. The van der Waals surface area contributed by atoms with Gasteiger partial charge in [0.25, 0.3) is 5.91 Å². The number of likely N-dealkylation sites (N-methyl/N-ethyl adjacent to an activating group) is 1. The van der Waals surface area contributed by atoms with E-state index in [-0.39, 0.29) is 23.3 Å². The monoisotopic (exact) mass is 619 g/mol. The summed E-state index contributed by atoms with van der Waals surface area (Å²) < 4.78 is 6.49. The highest BCUT2D eigenvalue weighted by Crippen LogP contribution is 2.34. The topological polar surface area (TPSA) is 95.5 Å². The van der Waals surface area contributed by atoms with E-state index < -0.39 is 0 Å². The van der Waals surface area contributed by atoms with Gasteiger partial charge < -0.3 is 19.4 Å². The predicted molar refractivity (Wildman–Crippen MR) is 173 cm³/mol. The van der Waals surface area contributed by atoms with Crippen LogP contribution in [0.3, 0.4) is 0 Å². The van der Waals surface area contributed by atoms with E-state index >= 15 is 0 Å². The Bertz CT molecular complexity index is 1500. The van der Waals surface area contributed by atoms with Crippen molar-refractivity contribution in [2.24, 2.45) is 0 Å².